The van der Waals surface area contributed by atoms with Gasteiger partial charge in [-0.15, -0.1) is 0 Å². The smallest absolute Gasteiger partial charge is 0.165 e. The topological polar surface area (TPSA) is 93.3 Å². The van der Waals surface area contributed by atoms with Crippen molar-refractivity contribution in [1.82, 2.24) is 19.5 Å². The number of halogens is 2. The van der Waals surface area contributed by atoms with Crippen molar-refractivity contribution >= 4 is 49.5 Å². The third-order valence-electron chi connectivity index (χ3n) is 6.77. The number of aliphatic hydroxyl groups is 2. The van der Waals surface area contributed by atoms with Crippen LogP contribution in [0.2, 0.25) is 5.15 Å². The van der Waals surface area contributed by atoms with Crippen molar-refractivity contribution in [3.63, 3.8) is 0 Å². The van der Waals surface area contributed by atoms with Gasteiger partial charge in [0.1, 0.15) is 34.9 Å². The molecule has 0 saturated carbocycles. The second-order valence-electron chi connectivity index (χ2n) is 8.70. The number of pyridine rings is 1. The molecule has 2 aliphatic rings. The lowest BCUT2D eigenvalue weighted by atomic mass is 9.88. The van der Waals surface area contributed by atoms with E-state index in [0.29, 0.717) is 17.2 Å². The van der Waals surface area contributed by atoms with Crippen LogP contribution in [0.4, 0.5) is 0 Å². The predicted molar refractivity (Wildman–Crippen MR) is 128 cm³/mol. The molecule has 0 radical (unpaired) electrons. The number of fused-ring (bicyclic) bond motifs is 2. The predicted octanol–water partition coefficient (Wildman–Crippen LogP) is 4.44. The molecule has 3 aromatic heterocycles. The lowest BCUT2D eigenvalue weighted by molar-refractivity contribution is -0.0741. The summed E-state index contributed by atoms with van der Waals surface area (Å²) < 4.78 is 8.90. The quantitative estimate of drug-likeness (QED) is 0.296. The molecule has 5 unspecified atom stereocenters. The average Bonchev–Trinajstić information content (AvgIpc) is 3.48. The van der Waals surface area contributed by atoms with E-state index >= 15 is 0 Å². The van der Waals surface area contributed by atoms with Crippen LogP contribution < -0.4 is 0 Å². The maximum atomic E-state index is 11.0. The molecule has 1 saturated heterocycles. The zero-order chi connectivity index (χ0) is 22.9. The lowest BCUT2D eigenvalue weighted by Crippen LogP contribution is -2.40. The van der Waals surface area contributed by atoms with E-state index in [0.717, 1.165) is 32.0 Å². The van der Waals surface area contributed by atoms with Crippen LogP contribution in [0.25, 0.3) is 21.9 Å². The van der Waals surface area contributed by atoms with Gasteiger partial charge >= 0.3 is 0 Å². The number of benzene rings is 1. The average molecular weight is 528 g/mol. The monoisotopic (exact) mass is 526 g/mol. The second-order valence-corrected chi connectivity index (χ2v) is 9.91. The van der Waals surface area contributed by atoms with Gasteiger partial charge in [-0.3, -0.25) is 0 Å². The maximum absolute atomic E-state index is 11.0. The summed E-state index contributed by atoms with van der Waals surface area (Å²) in [6, 6.07) is 9.91. The summed E-state index contributed by atoms with van der Waals surface area (Å²) in [6.07, 6.45) is 4.78. The first-order valence-corrected chi connectivity index (χ1v) is 11.8. The molecule has 5 atom stereocenters. The Bertz CT molecular complexity index is 1440. The fraction of sp³-hybridized carbons (Fsp3) is 0.292. The van der Waals surface area contributed by atoms with Gasteiger partial charge in [-0.05, 0) is 53.0 Å². The van der Waals surface area contributed by atoms with Gasteiger partial charge in [0.15, 0.2) is 6.23 Å². The van der Waals surface area contributed by atoms with E-state index in [1.54, 1.807) is 4.57 Å². The molecule has 2 N–H and O–H groups in total. The molecule has 4 aromatic rings. The first-order valence-electron chi connectivity index (χ1n) is 10.6. The zero-order valence-electron chi connectivity index (χ0n) is 17.6. The summed E-state index contributed by atoms with van der Waals surface area (Å²) in [5.74, 6) is 0.00481. The molecular formula is C24H20BrClN4O3. The van der Waals surface area contributed by atoms with Gasteiger partial charge in [0.2, 0.25) is 0 Å². The van der Waals surface area contributed by atoms with Gasteiger partial charge in [-0.2, -0.15) is 0 Å². The van der Waals surface area contributed by atoms with Crippen LogP contribution in [-0.2, 0) is 4.74 Å². The minimum absolute atomic E-state index is 0.00481. The second kappa shape index (κ2) is 7.58. The van der Waals surface area contributed by atoms with Crippen molar-refractivity contribution in [3.05, 3.63) is 75.9 Å². The Morgan fingerprint density at radius 1 is 1.21 bits per heavy atom. The van der Waals surface area contributed by atoms with Crippen LogP contribution in [0.1, 0.15) is 29.8 Å². The number of ether oxygens (including phenoxy) is 1. The largest absolute Gasteiger partial charge is 0.387 e. The van der Waals surface area contributed by atoms with Crippen LogP contribution in [0.5, 0.6) is 0 Å². The molecule has 168 valence electrons. The highest BCUT2D eigenvalue weighted by atomic mass is 79.9. The van der Waals surface area contributed by atoms with Crippen molar-refractivity contribution in [2.75, 3.05) is 0 Å². The normalized spacial score (nSPS) is 29.1. The molecule has 1 aliphatic carbocycles. The summed E-state index contributed by atoms with van der Waals surface area (Å²) >= 11 is 9.60. The number of rotatable bonds is 2. The highest BCUT2D eigenvalue weighted by Gasteiger charge is 2.56. The van der Waals surface area contributed by atoms with Crippen molar-refractivity contribution in [2.45, 2.75) is 43.3 Å². The molecule has 1 aromatic carbocycles. The SMILES string of the molecule is Cc1ncnc2c1ccn2C1OC2(C=CC(c3ccc4cc(Br)c(Cl)nc4c3)C2)C(O)C1O. The number of hydrogen-bond donors (Lipinski definition) is 2. The minimum atomic E-state index is -1.10. The van der Waals surface area contributed by atoms with Gasteiger partial charge in [0.25, 0.3) is 0 Å². The molecule has 9 heteroatoms. The van der Waals surface area contributed by atoms with Crippen LogP contribution in [0.3, 0.4) is 0 Å². The van der Waals surface area contributed by atoms with E-state index in [2.05, 4.69) is 30.9 Å². The van der Waals surface area contributed by atoms with Crippen LogP contribution in [-0.4, -0.2) is 47.5 Å². The van der Waals surface area contributed by atoms with E-state index in [-0.39, 0.29) is 5.92 Å². The summed E-state index contributed by atoms with van der Waals surface area (Å²) in [4.78, 5) is 13.1. The Morgan fingerprint density at radius 2 is 2.06 bits per heavy atom. The summed E-state index contributed by atoms with van der Waals surface area (Å²) in [5.41, 5.74) is 2.37. The molecule has 1 spiro atoms. The van der Waals surface area contributed by atoms with Crippen LogP contribution in [0, 0.1) is 6.92 Å². The molecule has 1 fully saturated rings. The van der Waals surface area contributed by atoms with E-state index in [1.165, 1.54) is 6.33 Å². The van der Waals surface area contributed by atoms with Crippen molar-refractivity contribution < 1.29 is 14.9 Å². The molecule has 33 heavy (non-hydrogen) atoms. The summed E-state index contributed by atoms with van der Waals surface area (Å²) in [6.45, 7) is 1.91. The Labute approximate surface area is 202 Å². The molecule has 7 nitrogen and oxygen atoms in total. The van der Waals surface area contributed by atoms with E-state index in [1.807, 2.05) is 55.6 Å². The summed E-state index contributed by atoms with van der Waals surface area (Å²) in [7, 11) is 0. The number of nitrogens with zero attached hydrogens (tertiary/aromatic N) is 4. The third-order valence-corrected chi connectivity index (χ3v) is 7.89. The standard InChI is InChI=1S/C24H20BrClN4O3/c1-12-16-5-7-30(22(16)28-11-27-12)23-19(31)20(32)24(33-23)6-4-15(10-24)13-2-3-14-8-17(25)21(26)29-18(14)9-13/h2-9,11,15,19-20,23,31-32H,10H2,1H3. The number of aliphatic hydroxyl groups excluding tert-OH is 2. The van der Waals surface area contributed by atoms with Gasteiger partial charge in [-0.1, -0.05) is 35.9 Å². The van der Waals surface area contributed by atoms with Crippen LogP contribution >= 0.6 is 27.5 Å². The fourth-order valence-corrected chi connectivity index (χ4v) is 5.47. The number of aryl methyl sites for hydroxylation is 1. The van der Waals surface area contributed by atoms with E-state index in [4.69, 9.17) is 16.3 Å². The Hall–Kier alpha value is -2.36. The molecule has 1 aliphatic heterocycles. The van der Waals surface area contributed by atoms with E-state index in [9.17, 15) is 10.2 Å². The molecular weight excluding hydrogens is 508 g/mol. The minimum Gasteiger partial charge on any atom is -0.387 e. The summed E-state index contributed by atoms with van der Waals surface area (Å²) in [5, 5.41) is 24.3. The molecule has 0 amide bonds. The number of aromatic nitrogens is 4. The first kappa shape index (κ1) is 21.2. The van der Waals surface area contributed by atoms with Crippen LogP contribution in [0.15, 0.2) is 59.5 Å². The molecule has 4 heterocycles. The fourth-order valence-electron chi connectivity index (χ4n) is 4.99. The first-order chi connectivity index (χ1) is 15.9. The van der Waals surface area contributed by atoms with Crippen molar-refractivity contribution in [3.8, 4) is 0 Å². The van der Waals surface area contributed by atoms with Gasteiger partial charge in [0, 0.05) is 22.9 Å². The lowest BCUT2D eigenvalue weighted by Gasteiger charge is -2.27. The maximum Gasteiger partial charge on any atom is 0.165 e. The Balaban J connectivity index is 1.31. The highest BCUT2D eigenvalue weighted by molar-refractivity contribution is 9.10. The van der Waals surface area contributed by atoms with Gasteiger partial charge < -0.3 is 19.5 Å². The van der Waals surface area contributed by atoms with Gasteiger partial charge in [-0.25, -0.2) is 15.0 Å². The molecule has 6 rings (SSSR count). The highest BCUT2D eigenvalue weighted by Crippen LogP contribution is 2.48. The van der Waals surface area contributed by atoms with Crippen molar-refractivity contribution in [2.24, 2.45) is 0 Å². The third kappa shape index (κ3) is 3.24. The number of allylic oxidation sites excluding steroid dienone is 1. The molecule has 0 bridgehead atoms. The van der Waals surface area contributed by atoms with E-state index < -0.39 is 24.0 Å². The zero-order valence-corrected chi connectivity index (χ0v) is 19.9. The number of hydrogen-bond acceptors (Lipinski definition) is 6. The Morgan fingerprint density at radius 3 is 2.91 bits per heavy atom. The van der Waals surface area contributed by atoms with Gasteiger partial charge in [0.05, 0.1) is 15.7 Å². The van der Waals surface area contributed by atoms with Crippen molar-refractivity contribution in [1.29, 1.82) is 0 Å². The Kier molecular flexibility index (Phi) is 4.87.